The molecular weight excluding hydrogens is 328 g/mol. The van der Waals surface area contributed by atoms with Gasteiger partial charge in [0.05, 0.1) is 17.7 Å². The molecule has 25 heavy (non-hydrogen) atoms. The van der Waals surface area contributed by atoms with E-state index in [0.717, 1.165) is 0 Å². The van der Waals surface area contributed by atoms with Crippen molar-refractivity contribution >= 4 is 11.6 Å². The van der Waals surface area contributed by atoms with Crippen LogP contribution in [0.3, 0.4) is 0 Å². The number of nitrogens with one attached hydrogen (secondary N) is 1. The molecule has 1 aromatic carbocycles. The maximum Gasteiger partial charge on any atom is 0.287 e. The zero-order valence-electron chi connectivity index (χ0n) is 13.0. The van der Waals surface area contributed by atoms with Gasteiger partial charge >= 0.3 is 0 Å². The average molecular weight is 342 g/mol. The highest BCUT2D eigenvalue weighted by Crippen LogP contribution is 2.19. The van der Waals surface area contributed by atoms with Crippen molar-refractivity contribution in [3.63, 3.8) is 0 Å². The lowest BCUT2D eigenvalue weighted by Crippen LogP contribution is -2.21. The third-order valence-corrected chi connectivity index (χ3v) is 3.32. The van der Waals surface area contributed by atoms with Crippen molar-refractivity contribution in [3.05, 3.63) is 82.2 Å². The standard InChI is InChI=1S/C17H14N2O6/c20-17(18-10-14-2-1-9-23-14)16-8-7-15(25-16)11-24-13-5-3-12(4-6-13)19(21)22/h1-9H,10-11H2,(H,18,20). The average Bonchev–Trinajstić information content (AvgIpc) is 3.30. The number of nitro groups is 1. The van der Waals surface area contributed by atoms with Gasteiger partial charge in [0, 0.05) is 12.1 Å². The molecule has 0 aliphatic carbocycles. The fraction of sp³-hybridized carbons (Fsp3) is 0.118. The number of carbonyl (C=O) groups excluding carboxylic acids is 1. The first kappa shape index (κ1) is 16.3. The molecule has 3 aromatic rings. The summed E-state index contributed by atoms with van der Waals surface area (Å²) in [5.41, 5.74) is -0.0131. The minimum atomic E-state index is -0.482. The molecule has 0 aliphatic rings. The minimum absolute atomic E-state index is 0.0131. The van der Waals surface area contributed by atoms with Crippen molar-refractivity contribution in [2.24, 2.45) is 0 Å². The number of nitrogens with zero attached hydrogens (tertiary/aromatic N) is 1. The molecule has 1 amide bonds. The summed E-state index contributed by atoms with van der Waals surface area (Å²) in [6.07, 6.45) is 1.53. The second-order valence-corrected chi connectivity index (χ2v) is 5.07. The first-order chi connectivity index (χ1) is 12.1. The lowest BCUT2D eigenvalue weighted by Gasteiger charge is -2.04. The Hall–Kier alpha value is -3.55. The smallest absolute Gasteiger partial charge is 0.287 e. The van der Waals surface area contributed by atoms with Crippen LogP contribution in [0.4, 0.5) is 5.69 Å². The van der Waals surface area contributed by atoms with Crippen LogP contribution in [0.15, 0.2) is 63.6 Å². The topological polar surface area (TPSA) is 108 Å². The van der Waals surface area contributed by atoms with E-state index in [-0.39, 0.29) is 30.5 Å². The fourth-order valence-corrected chi connectivity index (χ4v) is 2.06. The summed E-state index contributed by atoms with van der Waals surface area (Å²) in [6, 6.07) is 12.4. The van der Waals surface area contributed by atoms with E-state index in [2.05, 4.69) is 5.32 Å². The van der Waals surface area contributed by atoms with E-state index in [4.69, 9.17) is 13.6 Å². The van der Waals surface area contributed by atoms with E-state index in [1.807, 2.05) is 0 Å². The molecule has 8 nitrogen and oxygen atoms in total. The van der Waals surface area contributed by atoms with Crippen LogP contribution in [0, 0.1) is 10.1 Å². The number of benzene rings is 1. The van der Waals surface area contributed by atoms with Gasteiger partial charge in [-0.25, -0.2) is 0 Å². The Morgan fingerprint density at radius 1 is 1.12 bits per heavy atom. The Kier molecular flexibility index (Phi) is 4.79. The zero-order chi connectivity index (χ0) is 17.6. The Morgan fingerprint density at radius 3 is 2.60 bits per heavy atom. The molecule has 0 bridgehead atoms. The first-order valence-electron chi connectivity index (χ1n) is 7.38. The van der Waals surface area contributed by atoms with Crippen LogP contribution in [0.2, 0.25) is 0 Å². The lowest BCUT2D eigenvalue weighted by molar-refractivity contribution is -0.384. The Morgan fingerprint density at radius 2 is 1.92 bits per heavy atom. The Labute approximate surface area is 142 Å². The van der Waals surface area contributed by atoms with Crippen LogP contribution in [0.25, 0.3) is 0 Å². The summed E-state index contributed by atoms with van der Waals surface area (Å²) in [6.45, 7) is 0.366. The zero-order valence-corrected chi connectivity index (χ0v) is 13.0. The summed E-state index contributed by atoms with van der Waals surface area (Å²) in [5, 5.41) is 13.3. The highest BCUT2D eigenvalue weighted by molar-refractivity contribution is 5.91. The molecule has 2 heterocycles. The normalized spacial score (nSPS) is 10.4. The number of nitro benzene ring substituents is 1. The molecule has 0 fully saturated rings. The Bertz CT molecular complexity index is 852. The summed E-state index contributed by atoms with van der Waals surface area (Å²) < 4.78 is 16.0. The molecule has 8 heteroatoms. The van der Waals surface area contributed by atoms with Gasteiger partial charge in [-0.05, 0) is 36.4 Å². The fourth-order valence-electron chi connectivity index (χ4n) is 2.06. The van der Waals surface area contributed by atoms with Gasteiger partial charge < -0.3 is 18.9 Å². The second kappa shape index (κ2) is 7.35. The molecule has 3 rings (SSSR count). The van der Waals surface area contributed by atoms with Gasteiger partial charge in [-0.15, -0.1) is 0 Å². The monoisotopic (exact) mass is 342 g/mol. The van der Waals surface area contributed by atoms with E-state index in [1.165, 1.54) is 30.5 Å². The van der Waals surface area contributed by atoms with Gasteiger partial charge in [-0.3, -0.25) is 14.9 Å². The van der Waals surface area contributed by atoms with Crippen molar-refractivity contribution in [1.29, 1.82) is 0 Å². The number of amides is 1. The SMILES string of the molecule is O=C(NCc1ccco1)c1ccc(COc2ccc([N+](=O)[O-])cc2)o1. The van der Waals surface area contributed by atoms with E-state index in [9.17, 15) is 14.9 Å². The number of non-ortho nitro benzene ring substituents is 1. The predicted octanol–water partition coefficient (Wildman–Crippen LogP) is 3.29. The van der Waals surface area contributed by atoms with Crippen molar-refractivity contribution < 1.29 is 23.3 Å². The largest absolute Gasteiger partial charge is 0.486 e. The van der Waals surface area contributed by atoms with Crippen LogP contribution in [0.1, 0.15) is 22.1 Å². The summed E-state index contributed by atoms with van der Waals surface area (Å²) >= 11 is 0. The van der Waals surface area contributed by atoms with Gasteiger partial charge in [-0.2, -0.15) is 0 Å². The molecule has 1 N–H and O–H groups in total. The molecular formula is C17H14N2O6. The van der Waals surface area contributed by atoms with E-state index >= 15 is 0 Å². The summed E-state index contributed by atoms with van der Waals surface area (Å²) in [5.74, 6) is 1.36. The number of hydrogen-bond donors (Lipinski definition) is 1. The van der Waals surface area contributed by atoms with E-state index in [1.54, 1.807) is 24.3 Å². The van der Waals surface area contributed by atoms with Gasteiger partial charge in [-0.1, -0.05) is 0 Å². The highest BCUT2D eigenvalue weighted by Gasteiger charge is 2.12. The van der Waals surface area contributed by atoms with Crippen LogP contribution >= 0.6 is 0 Å². The number of rotatable bonds is 7. The van der Waals surface area contributed by atoms with Crippen LogP contribution < -0.4 is 10.1 Å². The molecule has 2 aromatic heterocycles. The molecule has 0 unspecified atom stereocenters. The summed E-state index contributed by atoms with van der Waals surface area (Å²) in [7, 11) is 0. The molecule has 0 aliphatic heterocycles. The maximum atomic E-state index is 12.0. The van der Waals surface area contributed by atoms with E-state index in [0.29, 0.717) is 17.3 Å². The lowest BCUT2D eigenvalue weighted by atomic mass is 10.3. The molecule has 128 valence electrons. The molecule has 0 saturated carbocycles. The van der Waals surface area contributed by atoms with Gasteiger partial charge in [0.1, 0.15) is 23.9 Å². The van der Waals surface area contributed by atoms with Gasteiger partial charge in [0.25, 0.3) is 11.6 Å². The highest BCUT2D eigenvalue weighted by atomic mass is 16.6. The molecule has 0 atom stereocenters. The van der Waals surface area contributed by atoms with Crippen LogP contribution in [-0.4, -0.2) is 10.8 Å². The maximum absolute atomic E-state index is 12.0. The van der Waals surface area contributed by atoms with Crippen LogP contribution in [-0.2, 0) is 13.2 Å². The number of furan rings is 2. The minimum Gasteiger partial charge on any atom is -0.486 e. The van der Waals surface area contributed by atoms with Crippen molar-refractivity contribution in [1.82, 2.24) is 5.32 Å². The van der Waals surface area contributed by atoms with Gasteiger partial charge in [0.2, 0.25) is 0 Å². The van der Waals surface area contributed by atoms with Crippen molar-refractivity contribution in [2.75, 3.05) is 0 Å². The van der Waals surface area contributed by atoms with Crippen molar-refractivity contribution in [2.45, 2.75) is 13.2 Å². The quantitative estimate of drug-likeness (QED) is 0.521. The number of carbonyl (C=O) groups is 1. The Balaban J connectivity index is 1.52. The number of hydrogen-bond acceptors (Lipinski definition) is 6. The predicted molar refractivity (Wildman–Crippen MR) is 86.0 cm³/mol. The van der Waals surface area contributed by atoms with E-state index < -0.39 is 4.92 Å². The third kappa shape index (κ3) is 4.25. The summed E-state index contributed by atoms with van der Waals surface area (Å²) in [4.78, 5) is 22.1. The first-order valence-corrected chi connectivity index (χ1v) is 7.38. The van der Waals surface area contributed by atoms with Gasteiger partial charge in [0.15, 0.2) is 5.76 Å². The molecule has 0 saturated heterocycles. The van der Waals surface area contributed by atoms with Crippen LogP contribution in [0.5, 0.6) is 5.75 Å². The number of ether oxygens (including phenoxy) is 1. The molecule has 0 radical (unpaired) electrons. The molecule has 0 spiro atoms. The second-order valence-electron chi connectivity index (χ2n) is 5.07. The third-order valence-electron chi connectivity index (χ3n) is 3.32. The van der Waals surface area contributed by atoms with Crippen molar-refractivity contribution in [3.8, 4) is 5.75 Å².